The first kappa shape index (κ1) is 11.4. The van der Waals surface area contributed by atoms with Crippen LogP contribution < -0.4 is 11.1 Å². The van der Waals surface area contributed by atoms with Gasteiger partial charge in [-0.15, -0.1) is 0 Å². The molecule has 0 aliphatic heterocycles. The molecule has 2 unspecified atom stereocenters. The maximum Gasteiger partial charge on any atom is 0.233 e. The summed E-state index contributed by atoms with van der Waals surface area (Å²) in [4.78, 5) is 3.98. The van der Waals surface area contributed by atoms with Gasteiger partial charge in [0.25, 0.3) is 0 Å². The van der Waals surface area contributed by atoms with E-state index < -0.39 is 10.8 Å². The number of anilines is 2. The van der Waals surface area contributed by atoms with Gasteiger partial charge < -0.3 is 11.1 Å². The second-order valence-electron chi connectivity index (χ2n) is 3.07. The molecule has 0 fully saturated rings. The van der Waals surface area contributed by atoms with E-state index in [1.165, 1.54) is 11.5 Å². The zero-order chi connectivity index (χ0) is 10.6. The van der Waals surface area contributed by atoms with E-state index in [9.17, 15) is 4.21 Å². The molecule has 0 spiro atoms. The summed E-state index contributed by atoms with van der Waals surface area (Å²) < 4.78 is 14.7. The molecule has 0 bridgehead atoms. The molecule has 0 amide bonds. The van der Waals surface area contributed by atoms with Crippen molar-refractivity contribution < 1.29 is 4.21 Å². The summed E-state index contributed by atoms with van der Waals surface area (Å²) in [5.74, 6) is 0.992. The third-order valence-electron chi connectivity index (χ3n) is 1.65. The average Bonchev–Trinajstić information content (AvgIpc) is 2.48. The zero-order valence-corrected chi connectivity index (χ0v) is 9.82. The van der Waals surface area contributed by atoms with Crippen molar-refractivity contribution in [2.24, 2.45) is 0 Å². The van der Waals surface area contributed by atoms with Crippen molar-refractivity contribution in [2.45, 2.75) is 19.4 Å². The van der Waals surface area contributed by atoms with Crippen molar-refractivity contribution in [3.8, 4) is 0 Å². The third kappa shape index (κ3) is 4.01. The molecule has 1 heterocycles. The van der Waals surface area contributed by atoms with Crippen LogP contribution in [0.4, 0.5) is 11.1 Å². The maximum atomic E-state index is 10.8. The monoisotopic (exact) mass is 234 g/mol. The van der Waals surface area contributed by atoms with Crippen molar-refractivity contribution >= 4 is 33.4 Å². The van der Waals surface area contributed by atoms with Gasteiger partial charge in [0.15, 0.2) is 0 Å². The van der Waals surface area contributed by atoms with Crippen molar-refractivity contribution in [2.75, 3.05) is 23.1 Å². The van der Waals surface area contributed by atoms with Crippen LogP contribution in [0.25, 0.3) is 0 Å². The van der Waals surface area contributed by atoms with Crippen LogP contribution in [-0.4, -0.2) is 31.6 Å². The van der Waals surface area contributed by atoms with Crippen LogP contribution in [0.15, 0.2) is 0 Å². The molecular formula is C7H14N4OS2. The molecule has 80 valence electrons. The smallest absolute Gasteiger partial charge is 0.233 e. The number of nitrogens with two attached hydrogens (primary N) is 1. The Kier molecular flexibility index (Phi) is 4.27. The van der Waals surface area contributed by atoms with E-state index in [1.807, 2.05) is 6.92 Å². The van der Waals surface area contributed by atoms with Gasteiger partial charge in [-0.05, 0) is 13.3 Å². The Balaban J connectivity index is 2.33. The Morgan fingerprint density at radius 3 is 2.93 bits per heavy atom. The minimum Gasteiger partial charge on any atom is -0.367 e. The summed E-state index contributed by atoms with van der Waals surface area (Å²) in [7, 11) is -0.736. The van der Waals surface area contributed by atoms with E-state index in [4.69, 9.17) is 5.73 Å². The fourth-order valence-electron chi connectivity index (χ4n) is 0.919. The predicted octanol–water partition coefficient (Wildman–Crippen LogP) is 0.689. The molecule has 0 saturated carbocycles. The molecule has 2 atom stereocenters. The summed E-state index contributed by atoms with van der Waals surface area (Å²) in [6, 6.07) is 0.242. The van der Waals surface area contributed by atoms with Gasteiger partial charge in [0.2, 0.25) is 11.1 Å². The molecule has 14 heavy (non-hydrogen) atoms. The molecule has 7 heteroatoms. The normalized spacial score (nSPS) is 15.0. The number of aromatic nitrogens is 2. The highest BCUT2D eigenvalue weighted by Gasteiger charge is 2.06. The van der Waals surface area contributed by atoms with Crippen molar-refractivity contribution in [1.82, 2.24) is 9.36 Å². The number of hydrogen-bond donors (Lipinski definition) is 2. The Labute approximate surface area is 89.7 Å². The van der Waals surface area contributed by atoms with Gasteiger partial charge in [-0.3, -0.25) is 4.21 Å². The Bertz CT molecular complexity index is 314. The van der Waals surface area contributed by atoms with Gasteiger partial charge in [-0.25, -0.2) is 0 Å². The molecule has 1 rings (SSSR count). The summed E-state index contributed by atoms with van der Waals surface area (Å²) >= 11 is 1.24. The van der Waals surface area contributed by atoms with Gasteiger partial charge in [-0.1, -0.05) is 0 Å². The lowest BCUT2D eigenvalue weighted by atomic mass is 10.3. The number of rotatable bonds is 5. The van der Waals surface area contributed by atoms with Crippen LogP contribution in [-0.2, 0) is 10.8 Å². The Hall–Kier alpha value is -0.690. The van der Waals surface area contributed by atoms with Crippen LogP contribution in [0.3, 0.4) is 0 Å². The number of nitrogens with zero attached hydrogens (tertiary/aromatic N) is 2. The summed E-state index contributed by atoms with van der Waals surface area (Å²) in [5.41, 5.74) is 5.38. The SMILES string of the molecule is CC(CCS(C)=O)Nc1nc(N)ns1. The first-order valence-corrected chi connectivity index (χ1v) is 6.73. The van der Waals surface area contributed by atoms with Crippen LogP contribution in [0.1, 0.15) is 13.3 Å². The standard InChI is InChI=1S/C7H14N4OS2/c1-5(3-4-14(2)12)9-7-10-6(8)11-13-7/h5H,3-4H2,1-2H3,(H3,8,9,10,11). The predicted molar refractivity (Wildman–Crippen MR) is 61.0 cm³/mol. The molecular weight excluding hydrogens is 220 g/mol. The third-order valence-corrected chi connectivity index (χ3v) is 3.12. The molecule has 0 saturated heterocycles. The van der Waals surface area contributed by atoms with E-state index in [0.717, 1.165) is 11.6 Å². The molecule has 5 nitrogen and oxygen atoms in total. The highest BCUT2D eigenvalue weighted by atomic mass is 32.2. The summed E-state index contributed by atoms with van der Waals surface area (Å²) in [5, 5.41) is 3.87. The second kappa shape index (κ2) is 5.26. The molecule has 1 aromatic rings. The second-order valence-corrected chi connectivity index (χ2v) is 5.38. The topological polar surface area (TPSA) is 80.9 Å². The van der Waals surface area contributed by atoms with Crippen LogP contribution in [0.5, 0.6) is 0 Å². The lowest BCUT2D eigenvalue weighted by molar-refractivity contribution is 0.678. The van der Waals surface area contributed by atoms with Gasteiger partial charge >= 0.3 is 0 Å². The quantitative estimate of drug-likeness (QED) is 0.783. The van der Waals surface area contributed by atoms with Gasteiger partial charge in [0.05, 0.1) is 0 Å². The fraction of sp³-hybridized carbons (Fsp3) is 0.714. The molecule has 0 aliphatic carbocycles. The number of nitrogen functional groups attached to an aromatic ring is 1. The van der Waals surface area contributed by atoms with Crippen molar-refractivity contribution in [3.05, 3.63) is 0 Å². The Morgan fingerprint density at radius 2 is 2.43 bits per heavy atom. The van der Waals surface area contributed by atoms with Gasteiger partial charge in [-0.2, -0.15) is 9.36 Å². The highest BCUT2D eigenvalue weighted by molar-refractivity contribution is 7.84. The van der Waals surface area contributed by atoms with Crippen LogP contribution in [0.2, 0.25) is 0 Å². The van der Waals surface area contributed by atoms with E-state index in [0.29, 0.717) is 11.7 Å². The lowest BCUT2D eigenvalue weighted by Crippen LogP contribution is -2.17. The number of nitrogens with one attached hydrogen (secondary N) is 1. The molecule has 0 aliphatic rings. The number of hydrogen-bond acceptors (Lipinski definition) is 6. The lowest BCUT2D eigenvalue weighted by Gasteiger charge is -2.10. The maximum absolute atomic E-state index is 10.8. The minimum absolute atomic E-state index is 0.242. The van der Waals surface area contributed by atoms with E-state index in [2.05, 4.69) is 14.7 Å². The first-order valence-electron chi connectivity index (χ1n) is 4.23. The average molecular weight is 234 g/mol. The van der Waals surface area contributed by atoms with E-state index in [-0.39, 0.29) is 6.04 Å². The largest absolute Gasteiger partial charge is 0.367 e. The highest BCUT2D eigenvalue weighted by Crippen LogP contribution is 2.13. The van der Waals surface area contributed by atoms with Crippen LogP contribution >= 0.6 is 11.5 Å². The van der Waals surface area contributed by atoms with E-state index in [1.54, 1.807) is 6.26 Å². The Morgan fingerprint density at radius 1 is 1.71 bits per heavy atom. The fourth-order valence-corrected chi connectivity index (χ4v) is 2.21. The van der Waals surface area contributed by atoms with E-state index >= 15 is 0 Å². The van der Waals surface area contributed by atoms with Gasteiger partial charge in [0.1, 0.15) is 0 Å². The summed E-state index contributed by atoms with van der Waals surface area (Å²) in [6.45, 7) is 2.02. The molecule has 0 aromatic carbocycles. The molecule has 0 radical (unpaired) electrons. The van der Waals surface area contributed by atoms with Crippen LogP contribution in [0, 0.1) is 0 Å². The first-order chi connectivity index (χ1) is 6.58. The molecule has 1 aromatic heterocycles. The summed E-state index contributed by atoms with van der Waals surface area (Å²) in [6.07, 6.45) is 2.55. The zero-order valence-electron chi connectivity index (χ0n) is 8.19. The van der Waals surface area contributed by atoms with Crippen molar-refractivity contribution in [3.63, 3.8) is 0 Å². The molecule has 3 N–H and O–H groups in total. The van der Waals surface area contributed by atoms with Crippen molar-refractivity contribution in [1.29, 1.82) is 0 Å². The minimum atomic E-state index is -0.736. The van der Waals surface area contributed by atoms with Gasteiger partial charge in [0, 0.05) is 40.4 Å².